The minimum absolute atomic E-state index is 0. The third-order valence-corrected chi connectivity index (χ3v) is 9.84. The Bertz CT molecular complexity index is 3350. The maximum atomic E-state index is 14.3. The van der Waals surface area contributed by atoms with E-state index in [1.54, 1.807) is 93.6 Å². The Morgan fingerprint density at radius 3 is 1.67 bits per heavy atom. The van der Waals surface area contributed by atoms with E-state index in [0.717, 1.165) is 18.2 Å². The molecule has 0 radical (unpaired) electrons. The van der Waals surface area contributed by atoms with E-state index in [1.165, 1.54) is 55.0 Å². The summed E-state index contributed by atoms with van der Waals surface area (Å²) in [5, 5.41) is 1.32. The van der Waals surface area contributed by atoms with E-state index in [-0.39, 0.29) is 36.8 Å². The van der Waals surface area contributed by atoms with Crippen LogP contribution in [-0.2, 0) is 63.8 Å². The van der Waals surface area contributed by atoms with E-state index in [1.807, 2.05) is 0 Å². The van der Waals surface area contributed by atoms with Gasteiger partial charge in [-0.3, -0.25) is 0 Å². The minimum atomic E-state index is -3.17. The molecule has 4 heterocycles. The molecule has 0 bridgehead atoms. The maximum Gasteiger partial charge on any atom is 3.00 e. The molecule has 0 aliphatic heterocycles. The van der Waals surface area contributed by atoms with Gasteiger partial charge in [0, 0.05) is 46.5 Å². The summed E-state index contributed by atoms with van der Waals surface area (Å²) in [5.74, 6) is -0.487. The molecule has 0 spiro atoms. The van der Waals surface area contributed by atoms with Crippen LogP contribution < -0.4 is 0 Å². The summed E-state index contributed by atoms with van der Waals surface area (Å²) in [6.07, 6.45) is -14.8. The Morgan fingerprint density at radius 2 is 1.13 bits per heavy atom. The molecule has 0 amide bonds. The second kappa shape index (κ2) is 18.3. The van der Waals surface area contributed by atoms with Gasteiger partial charge in [-0.2, -0.15) is 0 Å². The number of aryl methyl sites for hydroxylation is 6. The number of furan rings is 1. The van der Waals surface area contributed by atoms with Crippen molar-refractivity contribution in [2.24, 2.45) is 0 Å². The molecule has 0 fully saturated rings. The van der Waals surface area contributed by atoms with Crippen LogP contribution in [0.1, 0.15) is 76.2 Å². The van der Waals surface area contributed by atoms with Crippen molar-refractivity contribution in [1.29, 1.82) is 0 Å². The van der Waals surface area contributed by atoms with Gasteiger partial charge < -0.3 is 19.4 Å². The zero-order valence-electron chi connectivity index (χ0n) is 45.3. The Labute approximate surface area is 388 Å². The molecule has 0 unspecified atom stereocenters. The molecule has 6 heteroatoms. The molecule has 0 saturated carbocycles. The van der Waals surface area contributed by atoms with Crippen molar-refractivity contribution in [2.75, 3.05) is 0 Å². The fourth-order valence-electron chi connectivity index (χ4n) is 6.85. The molecular weight excluding hydrogens is 930 g/mol. The van der Waals surface area contributed by atoms with Gasteiger partial charge in [-0.1, -0.05) is 80.3 Å². The molecule has 5 aromatic carbocycles. The summed E-state index contributed by atoms with van der Waals surface area (Å²) in [7, 11) is 0. The number of halogens is 1. The van der Waals surface area contributed by atoms with Gasteiger partial charge in [0.25, 0.3) is 0 Å². The average molecular weight is 987 g/mol. The molecule has 4 aromatic heterocycles. The van der Waals surface area contributed by atoms with E-state index in [2.05, 4.69) is 33.2 Å². The first-order valence-corrected chi connectivity index (χ1v) is 19.3. The van der Waals surface area contributed by atoms with Crippen molar-refractivity contribution in [2.45, 2.75) is 64.4 Å². The molecule has 302 valence electrons. The van der Waals surface area contributed by atoms with E-state index >= 15 is 0 Å². The van der Waals surface area contributed by atoms with Gasteiger partial charge in [-0.25, -0.2) is 4.39 Å². The summed E-state index contributed by atoms with van der Waals surface area (Å²) in [6.45, 7) is 5.42. The fraction of sp³-hybridized carbons (Fsp3) is 0.182. The number of nitrogens with zero attached hydrogens (tertiary/aromatic N) is 3. The first-order chi connectivity index (χ1) is 33.8. The van der Waals surface area contributed by atoms with Crippen LogP contribution in [0.2, 0.25) is 0 Å². The number of hydrogen-bond acceptors (Lipinski definition) is 4. The second-order valence-corrected chi connectivity index (χ2v) is 15.2. The topological polar surface area (TPSA) is 51.8 Å². The van der Waals surface area contributed by atoms with E-state index < -0.39 is 66.2 Å². The van der Waals surface area contributed by atoms with Crippen LogP contribution in [0.4, 0.5) is 4.39 Å². The minimum Gasteiger partial charge on any atom is -0.500 e. The van der Waals surface area contributed by atoms with Gasteiger partial charge >= 0.3 is 20.1 Å². The summed E-state index contributed by atoms with van der Waals surface area (Å²) < 4.78 is 134. The van der Waals surface area contributed by atoms with E-state index in [0.29, 0.717) is 61.3 Å². The van der Waals surface area contributed by atoms with Crippen LogP contribution in [0.3, 0.4) is 0 Å². The van der Waals surface area contributed by atoms with Crippen LogP contribution in [0.5, 0.6) is 0 Å². The standard InChI is InChI=1S/C55H45FN3O.Ir/c1-55(2,3)49-33-52(48-16-10-15-47-46-26-25-45(56)32-53(46)60-54(47)48)59-36-44(49)24-21-41-30-39(19-17-37-22-27-50(57-34-37)42-11-6-4-7-12-42)29-40(31-41)20-18-38-23-28-51(58-35-38)43-13-8-5-9-14-43;/h4-11,13,15,22-23,25-36H,17-21,24H2,1-3H3;/q-3;+3/i17D2,18D2,19D2,20D2,21D2,24D2;. The van der Waals surface area contributed by atoms with Crippen molar-refractivity contribution < 1.29 is 45.4 Å². The zero-order chi connectivity index (χ0) is 51.8. The second-order valence-electron chi connectivity index (χ2n) is 15.2. The number of aromatic nitrogens is 3. The van der Waals surface area contributed by atoms with Gasteiger partial charge in [-0.15, -0.1) is 90.0 Å². The third kappa shape index (κ3) is 9.62. The van der Waals surface area contributed by atoms with E-state index in [9.17, 15) is 20.8 Å². The molecule has 0 N–H and O–H groups in total. The summed E-state index contributed by atoms with van der Waals surface area (Å²) in [4.78, 5) is 13.4. The van der Waals surface area contributed by atoms with Crippen molar-refractivity contribution in [3.8, 4) is 33.8 Å². The Morgan fingerprint density at radius 1 is 0.557 bits per heavy atom. The van der Waals surface area contributed by atoms with Crippen molar-refractivity contribution in [1.82, 2.24) is 15.0 Å². The average Bonchev–Trinajstić information content (AvgIpc) is 3.74. The predicted molar refractivity (Wildman–Crippen MR) is 240 cm³/mol. The molecular formula is C55H45FIrN3O. The Balaban J connectivity index is 0.00000711. The Hall–Kier alpha value is -6.07. The van der Waals surface area contributed by atoms with Crippen molar-refractivity contribution in [3.63, 3.8) is 0 Å². The number of pyridine rings is 3. The number of fused-ring (bicyclic) bond motifs is 3. The summed E-state index contributed by atoms with van der Waals surface area (Å²) in [5.41, 5.74) is 0.489. The van der Waals surface area contributed by atoms with Crippen LogP contribution in [0.25, 0.3) is 55.7 Å². The molecule has 0 aliphatic carbocycles. The van der Waals surface area contributed by atoms with Gasteiger partial charge in [0.05, 0.1) is 5.58 Å². The normalized spacial score (nSPS) is 15.9. The van der Waals surface area contributed by atoms with Gasteiger partial charge in [0.15, 0.2) is 0 Å². The monoisotopic (exact) mass is 987 g/mol. The fourth-order valence-corrected chi connectivity index (χ4v) is 6.85. The van der Waals surface area contributed by atoms with Crippen LogP contribution in [0, 0.1) is 24.0 Å². The molecule has 4 nitrogen and oxygen atoms in total. The SMILES string of the molecule is [2H]C([2H])(c1ccc(-c2[c-]cccc2)nc1)C([2H])([2H])c1cc(C([2H])([2H])C([2H])([2H])c2ccc(-c3[c-]cccc3)nc2)cc(C([2H])([2H])C([2H])([2H])c2cnc(-c3[c-]ccc4c3oc3cc(F)ccc34)cc2C(C)(C)C)c1.[Ir+3]. The largest absolute Gasteiger partial charge is 3.00 e. The van der Waals surface area contributed by atoms with Crippen LogP contribution in [0.15, 0.2) is 150 Å². The molecule has 0 atom stereocenters. The number of rotatable bonds is 12. The molecule has 61 heavy (non-hydrogen) atoms. The summed E-state index contributed by atoms with van der Waals surface area (Å²) >= 11 is 0. The number of hydrogen-bond donors (Lipinski definition) is 0. The van der Waals surface area contributed by atoms with Crippen LogP contribution >= 0.6 is 0 Å². The van der Waals surface area contributed by atoms with Gasteiger partial charge in [0.2, 0.25) is 0 Å². The first-order valence-electron chi connectivity index (χ1n) is 25.3. The van der Waals surface area contributed by atoms with Crippen molar-refractivity contribution in [3.05, 3.63) is 209 Å². The zero-order valence-corrected chi connectivity index (χ0v) is 35.7. The molecule has 9 rings (SSSR count). The molecule has 9 aromatic rings. The molecule has 0 saturated heterocycles. The smallest absolute Gasteiger partial charge is 0.500 e. The third-order valence-electron chi connectivity index (χ3n) is 9.84. The summed E-state index contributed by atoms with van der Waals surface area (Å²) in [6, 6.07) is 41.1. The molecule has 0 aliphatic rings. The maximum absolute atomic E-state index is 14.3. The number of benzene rings is 5. The van der Waals surface area contributed by atoms with E-state index in [4.69, 9.17) is 4.42 Å². The van der Waals surface area contributed by atoms with Crippen molar-refractivity contribution >= 4 is 21.9 Å². The van der Waals surface area contributed by atoms with Crippen LogP contribution in [-0.4, -0.2) is 15.0 Å². The van der Waals surface area contributed by atoms with Gasteiger partial charge in [-0.05, 0) is 112 Å². The first kappa shape index (κ1) is 29.2. The quantitative estimate of drug-likeness (QED) is 0.114. The van der Waals surface area contributed by atoms with Gasteiger partial charge in [0.1, 0.15) is 11.4 Å². The Kier molecular flexibility index (Phi) is 8.76. The predicted octanol–water partition coefficient (Wildman–Crippen LogP) is 13.0.